The molecule has 0 saturated heterocycles. The van der Waals surface area contributed by atoms with E-state index in [0.717, 1.165) is 64.2 Å². The predicted octanol–water partition coefficient (Wildman–Crippen LogP) is 5.69. The second kappa shape index (κ2) is 18.2. The molecule has 0 bridgehead atoms. The Bertz CT molecular complexity index is 830. The van der Waals surface area contributed by atoms with Crippen LogP contribution in [0, 0.1) is 0 Å². The molecule has 0 aliphatic carbocycles. The first-order valence-corrected chi connectivity index (χ1v) is 13.0. The third kappa shape index (κ3) is 12.0. The molecule has 0 aliphatic rings. The quantitative estimate of drug-likeness (QED) is 0.109. The van der Waals surface area contributed by atoms with Gasteiger partial charge < -0.3 is 9.47 Å². The molecule has 1 aromatic rings. The Kier molecular flexibility index (Phi) is 15.6. The molecule has 198 valence electrons. The Morgan fingerprint density at radius 3 is 1.22 bits per heavy atom. The Balaban J connectivity index is 2.59. The standard InChI is InChI=1S/C28H38O8/c1-3-5-7-9-11-13-19-23(29)27(33)35-25(31)21-17-15-16-18-22(21)26(32)36-28(34)24(30)20-14-12-10-8-6-4-2/h15-18H,3-14,19-20H2,1-2H3. The summed E-state index contributed by atoms with van der Waals surface area (Å²) < 4.78 is 9.29. The fourth-order valence-corrected chi connectivity index (χ4v) is 3.57. The van der Waals surface area contributed by atoms with Crippen LogP contribution in [0.15, 0.2) is 24.3 Å². The van der Waals surface area contributed by atoms with E-state index < -0.39 is 35.4 Å². The molecule has 0 aliphatic heterocycles. The van der Waals surface area contributed by atoms with Crippen molar-refractivity contribution in [2.45, 2.75) is 104 Å². The minimum absolute atomic E-state index is 0.0306. The summed E-state index contributed by atoms with van der Waals surface area (Å²) in [7, 11) is 0. The SMILES string of the molecule is CCCCCCCCC(=O)C(=O)OC(=O)c1ccccc1C(=O)OC(=O)C(=O)CCCCCCCC. The van der Waals surface area contributed by atoms with E-state index >= 15 is 0 Å². The highest BCUT2D eigenvalue weighted by Gasteiger charge is 2.27. The van der Waals surface area contributed by atoms with Crippen molar-refractivity contribution in [2.75, 3.05) is 0 Å². The van der Waals surface area contributed by atoms with Crippen molar-refractivity contribution in [2.24, 2.45) is 0 Å². The molecule has 0 spiro atoms. The summed E-state index contributed by atoms with van der Waals surface area (Å²) in [5.41, 5.74) is -0.696. The highest BCUT2D eigenvalue weighted by atomic mass is 16.6. The van der Waals surface area contributed by atoms with Gasteiger partial charge in [0.1, 0.15) is 0 Å². The lowest BCUT2D eigenvalue weighted by atomic mass is 10.1. The van der Waals surface area contributed by atoms with Gasteiger partial charge in [0.15, 0.2) is 0 Å². The number of esters is 4. The highest BCUT2D eigenvalue weighted by Crippen LogP contribution is 2.14. The van der Waals surface area contributed by atoms with Crippen LogP contribution in [0.2, 0.25) is 0 Å². The first-order chi connectivity index (χ1) is 17.3. The van der Waals surface area contributed by atoms with Crippen molar-refractivity contribution in [3.63, 3.8) is 0 Å². The molecule has 0 heterocycles. The second-order valence-electron chi connectivity index (χ2n) is 8.78. The van der Waals surface area contributed by atoms with Gasteiger partial charge in [-0.05, 0) is 25.0 Å². The van der Waals surface area contributed by atoms with Crippen molar-refractivity contribution < 1.29 is 38.2 Å². The van der Waals surface area contributed by atoms with Crippen LogP contribution in [0.1, 0.15) is 124 Å². The maximum atomic E-state index is 12.4. The van der Waals surface area contributed by atoms with Crippen molar-refractivity contribution in [1.82, 2.24) is 0 Å². The van der Waals surface area contributed by atoms with E-state index in [1.165, 1.54) is 24.3 Å². The van der Waals surface area contributed by atoms with Crippen molar-refractivity contribution in [3.8, 4) is 0 Å². The minimum atomic E-state index is -1.30. The van der Waals surface area contributed by atoms with Crippen LogP contribution in [0.3, 0.4) is 0 Å². The van der Waals surface area contributed by atoms with Crippen LogP contribution in [0.5, 0.6) is 0 Å². The lowest BCUT2D eigenvalue weighted by Gasteiger charge is -2.08. The Morgan fingerprint density at radius 1 is 0.528 bits per heavy atom. The molecule has 0 saturated carbocycles. The van der Waals surface area contributed by atoms with Gasteiger partial charge in [-0.15, -0.1) is 0 Å². The second-order valence-corrected chi connectivity index (χ2v) is 8.78. The Labute approximate surface area is 213 Å². The van der Waals surface area contributed by atoms with Crippen LogP contribution in [-0.4, -0.2) is 35.4 Å². The van der Waals surface area contributed by atoms with E-state index in [-0.39, 0.29) is 24.0 Å². The summed E-state index contributed by atoms with van der Waals surface area (Å²) in [5.74, 6) is -6.68. The number of hydrogen-bond donors (Lipinski definition) is 0. The molecular formula is C28H38O8. The fourth-order valence-electron chi connectivity index (χ4n) is 3.57. The number of unbranched alkanes of at least 4 members (excludes halogenated alkanes) is 10. The zero-order chi connectivity index (χ0) is 26.8. The van der Waals surface area contributed by atoms with Crippen LogP contribution in [0.25, 0.3) is 0 Å². The molecule has 0 aromatic heterocycles. The highest BCUT2D eigenvalue weighted by molar-refractivity contribution is 6.36. The van der Waals surface area contributed by atoms with E-state index in [1.807, 2.05) is 0 Å². The third-order valence-electron chi connectivity index (χ3n) is 5.71. The molecule has 8 heteroatoms. The van der Waals surface area contributed by atoms with E-state index in [0.29, 0.717) is 12.8 Å². The number of Topliss-reactive ketones (excluding diaryl/α,β-unsaturated/α-hetero) is 2. The van der Waals surface area contributed by atoms with Gasteiger partial charge in [-0.25, -0.2) is 19.2 Å². The number of carbonyl (C=O) groups excluding carboxylic acids is 6. The Morgan fingerprint density at radius 2 is 0.861 bits per heavy atom. The van der Waals surface area contributed by atoms with Crippen LogP contribution < -0.4 is 0 Å². The van der Waals surface area contributed by atoms with E-state index in [1.54, 1.807) is 0 Å². The number of hydrogen-bond acceptors (Lipinski definition) is 8. The fraction of sp³-hybridized carbons (Fsp3) is 0.571. The molecule has 0 unspecified atom stereocenters. The molecule has 0 radical (unpaired) electrons. The molecule has 1 aromatic carbocycles. The molecule has 1 rings (SSSR count). The Hall–Kier alpha value is -3.16. The monoisotopic (exact) mass is 502 g/mol. The lowest BCUT2D eigenvalue weighted by molar-refractivity contribution is -0.150. The van der Waals surface area contributed by atoms with Gasteiger partial charge in [0.2, 0.25) is 11.6 Å². The summed E-state index contributed by atoms with van der Waals surface area (Å²) >= 11 is 0. The molecule has 0 atom stereocenters. The van der Waals surface area contributed by atoms with Crippen molar-refractivity contribution in [1.29, 1.82) is 0 Å². The zero-order valence-corrected chi connectivity index (χ0v) is 21.5. The number of benzene rings is 1. The molecule has 8 nitrogen and oxygen atoms in total. The van der Waals surface area contributed by atoms with Crippen LogP contribution in [-0.2, 0) is 28.7 Å². The van der Waals surface area contributed by atoms with E-state index in [9.17, 15) is 28.8 Å². The zero-order valence-electron chi connectivity index (χ0n) is 21.5. The summed E-state index contributed by atoms with van der Waals surface area (Å²) in [6.45, 7) is 4.20. The van der Waals surface area contributed by atoms with E-state index in [2.05, 4.69) is 23.3 Å². The third-order valence-corrected chi connectivity index (χ3v) is 5.71. The molecular weight excluding hydrogens is 464 g/mol. The number of ether oxygens (including phenoxy) is 2. The summed E-state index contributed by atoms with van der Waals surface area (Å²) in [6, 6.07) is 5.24. The smallest absolute Gasteiger partial charge is 0.382 e. The number of rotatable bonds is 18. The van der Waals surface area contributed by atoms with Crippen molar-refractivity contribution >= 4 is 35.4 Å². The van der Waals surface area contributed by atoms with Gasteiger partial charge in [0.05, 0.1) is 11.1 Å². The van der Waals surface area contributed by atoms with Gasteiger partial charge in [-0.1, -0.05) is 90.2 Å². The summed E-state index contributed by atoms with van der Waals surface area (Å²) in [5, 5.41) is 0. The lowest BCUT2D eigenvalue weighted by Crippen LogP contribution is -2.25. The largest absolute Gasteiger partial charge is 0.383 e. The first-order valence-electron chi connectivity index (χ1n) is 13.0. The maximum Gasteiger partial charge on any atom is 0.382 e. The molecule has 36 heavy (non-hydrogen) atoms. The molecule has 0 fully saturated rings. The van der Waals surface area contributed by atoms with Gasteiger partial charge in [0.25, 0.3) is 0 Å². The number of carbonyl (C=O) groups is 6. The number of ketones is 2. The van der Waals surface area contributed by atoms with Crippen LogP contribution >= 0.6 is 0 Å². The van der Waals surface area contributed by atoms with Gasteiger partial charge in [0, 0.05) is 12.8 Å². The molecule has 0 N–H and O–H groups in total. The first kappa shape index (κ1) is 30.9. The summed E-state index contributed by atoms with van der Waals surface area (Å²) in [4.78, 5) is 72.9. The van der Waals surface area contributed by atoms with Crippen LogP contribution in [0.4, 0.5) is 0 Å². The summed E-state index contributed by atoms with van der Waals surface area (Å²) in [6.07, 6.45) is 11.1. The van der Waals surface area contributed by atoms with E-state index in [4.69, 9.17) is 0 Å². The topological polar surface area (TPSA) is 121 Å². The normalized spacial score (nSPS) is 10.5. The minimum Gasteiger partial charge on any atom is -0.383 e. The predicted molar refractivity (Wildman–Crippen MR) is 133 cm³/mol. The van der Waals surface area contributed by atoms with Gasteiger partial charge >= 0.3 is 23.9 Å². The van der Waals surface area contributed by atoms with Crippen molar-refractivity contribution in [3.05, 3.63) is 35.4 Å². The molecule has 0 amide bonds. The maximum absolute atomic E-state index is 12.4. The van der Waals surface area contributed by atoms with Gasteiger partial charge in [-0.2, -0.15) is 0 Å². The van der Waals surface area contributed by atoms with Gasteiger partial charge in [-0.3, -0.25) is 9.59 Å². The average Bonchev–Trinajstić information content (AvgIpc) is 2.87. The average molecular weight is 503 g/mol.